The van der Waals surface area contributed by atoms with E-state index in [0.717, 1.165) is 0 Å². The van der Waals surface area contributed by atoms with E-state index in [4.69, 9.17) is 15.3 Å². The van der Waals surface area contributed by atoms with Crippen LogP contribution in [0.25, 0.3) is 0 Å². The minimum absolute atomic E-state index is 0.102. The third-order valence-corrected chi connectivity index (χ3v) is 1.25. The van der Waals surface area contributed by atoms with E-state index in [-0.39, 0.29) is 19.0 Å². The van der Waals surface area contributed by atoms with Crippen LogP contribution in [-0.4, -0.2) is 40.4 Å². The number of hydrogen-bond donors (Lipinski definition) is 3. The number of carbonyl (C=O) groups excluding carboxylic acids is 1. The smallest absolute Gasteiger partial charge is 0.157 e. The molecule has 0 bridgehead atoms. The molecule has 74 valence electrons. The van der Waals surface area contributed by atoms with Crippen molar-refractivity contribution >= 4 is 5.78 Å². The fourth-order valence-electron chi connectivity index (χ4n) is 0.241. The zero-order valence-electron chi connectivity index (χ0n) is 7.66. The molecule has 0 fully saturated rings. The molecule has 1 atom stereocenters. The topological polar surface area (TPSA) is 77.8 Å². The van der Waals surface area contributed by atoms with Gasteiger partial charge >= 0.3 is 0 Å². The summed E-state index contributed by atoms with van der Waals surface area (Å²) in [4.78, 5) is 9.93. The second-order valence-corrected chi connectivity index (χ2v) is 2.29. The molecule has 0 spiro atoms. The third-order valence-electron chi connectivity index (χ3n) is 1.25. The Morgan fingerprint density at radius 2 is 1.83 bits per heavy atom. The van der Waals surface area contributed by atoms with Crippen LogP contribution in [0.5, 0.6) is 0 Å². The monoisotopic (exact) mass is 178 g/mol. The molecule has 0 aromatic carbocycles. The number of aliphatic hydroxyl groups excluding tert-OH is 3. The molecule has 0 unspecified atom stereocenters. The van der Waals surface area contributed by atoms with Gasteiger partial charge in [-0.3, -0.25) is 4.79 Å². The molecule has 0 rings (SSSR count). The second kappa shape index (κ2) is 10.6. The highest BCUT2D eigenvalue weighted by molar-refractivity contribution is 5.78. The maximum absolute atomic E-state index is 9.93. The first kappa shape index (κ1) is 14.1. The van der Waals surface area contributed by atoms with Gasteiger partial charge in [-0.05, 0) is 6.42 Å². The molecule has 0 heterocycles. The summed E-state index contributed by atoms with van der Waals surface area (Å²) in [5.41, 5.74) is 0. The van der Waals surface area contributed by atoms with Crippen molar-refractivity contribution in [2.45, 2.75) is 32.8 Å². The Morgan fingerprint density at radius 1 is 1.33 bits per heavy atom. The number of rotatable bonds is 4. The lowest BCUT2D eigenvalue weighted by molar-refractivity contribution is -0.121. The van der Waals surface area contributed by atoms with Crippen molar-refractivity contribution in [2.75, 3.05) is 13.2 Å². The average molecular weight is 178 g/mol. The summed E-state index contributed by atoms with van der Waals surface area (Å²) in [7, 11) is 0. The van der Waals surface area contributed by atoms with Crippen LogP contribution in [0.3, 0.4) is 0 Å². The lowest BCUT2D eigenvalue weighted by Crippen LogP contribution is -2.08. The fourth-order valence-corrected chi connectivity index (χ4v) is 0.241. The molecule has 0 saturated heterocycles. The van der Waals surface area contributed by atoms with Crippen molar-refractivity contribution in [1.82, 2.24) is 0 Å². The Labute approximate surface area is 72.8 Å². The molecule has 0 aliphatic heterocycles. The predicted molar refractivity (Wildman–Crippen MR) is 45.8 cm³/mol. The highest BCUT2D eigenvalue weighted by atomic mass is 16.3. The summed E-state index contributed by atoms with van der Waals surface area (Å²) in [6, 6.07) is 0. The summed E-state index contributed by atoms with van der Waals surface area (Å²) in [6.45, 7) is 3.12. The van der Waals surface area contributed by atoms with Gasteiger partial charge in [-0.25, -0.2) is 0 Å². The predicted octanol–water partition coefficient (Wildman–Crippen LogP) is -0.293. The SMILES string of the molecule is CCC(=O)CO.CC[C@H](O)CO. The van der Waals surface area contributed by atoms with Crippen molar-refractivity contribution in [1.29, 1.82) is 0 Å². The molecule has 0 aromatic rings. The Morgan fingerprint density at radius 3 is 1.83 bits per heavy atom. The van der Waals surface area contributed by atoms with Gasteiger partial charge in [-0.2, -0.15) is 0 Å². The van der Waals surface area contributed by atoms with Crippen LogP contribution in [-0.2, 0) is 4.79 Å². The normalized spacial score (nSPS) is 11.4. The van der Waals surface area contributed by atoms with Crippen LogP contribution < -0.4 is 0 Å². The first-order chi connectivity index (χ1) is 5.62. The Bertz CT molecular complexity index is 93.2. The van der Waals surface area contributed by atoms with Crippen LogP contribution in [0.4, 0.5) is 0 Å². The fraction of sp³-hybridized carbons (Fsp3) is 0.875. The number of carbonyl (C=O) groups is 1. The molecule has 12 heavy (non-hydrogen) atoms. The van der Waals surface area contributed by atoms with Gasteiger partial charge in [0, 0.05) is 6.42 Å². The van der Waals surface area contributed by atoms with E-state index in [9.17, 15) is 4.79 Å². The molecule has 4 nitrogen and oxygen atoms in total. The average Bonchev–Trinajstić information content (AvgIpc) is 2.16. The van der Waals surface area contributed by atoms with Crippen LogP contribution in [0.15, 0.2) is 0 Å². The standard InChI is InChI=1S/C4H10O2.C4H8O2/c2*1-2-4(6)3-5/h4-6H,2-3H2,1H3;5H,2-3H2,1H3/t4-;/m0./s1. The van der Waals surface area contributed by atoms with Crippen LogP contribution >= 0.6 is 0 Å². The van der Waals surface area contributed by atoms with E-state index in [1.54, 1.807) is 6.92 Å². The van der Waals surface area contributed by atoms with Gasteiger partial charge in [0.15, 0.2) is 5.78 Å². The molecule has 0 aliphatic rings. The molecule has 3 N–H and O–H groups in total. The molecule has 0 amide bonds. The minimum atomic E-state index is -0.509. The van der Waals surface area contributed by atoms with Crippen molar-refractivity contribution in [3.63, 3.8) is 0 Å². The molecule has 0 aliphatic carbocycles. The van der Waals surface area contributed by atoms with Gasteiger partial charge in [0.2, 0.25) is 0 Å². The van der Waals surface area contributed by atoms with Crippen LogP contribution in [0.2, 0.25) is 0 Å². The summed E-state index contributed by atoms with van der Waals surface area (Å²) in [5, 5.41) is 24.5. The van der Waals surface area contributed by atoms with E-state index >= 15 is 0 Å². The summed E-state index contributed by atoms with van der Waals surface area (Å²) < 4.78 is 0. The minimum Gasteiger partial charge on any atom is -0.394 e. The van der Waals surface area contributed by atoms with Crippen LogP contribution in [0.1, 0.15) is 26.7 Å². The van der Waals surface area contributed by atoms with Gasteiger partial charge in [-0.1, -0.05) is 13.8 Å². The molecule has 4 heteroatoms. The first-order valence-corrected chi connectivity index (χ1v) is 4.03. The van der Waals surface area contributed by atoms with E-state index in [1.807, 2.05) is 6.92 Å². The molecule has 0 saturated carbocycles. The maximum atomic E-state index is 9.93. The van der Waals surface area contributed by atoms with E-state index in [2.05, 4.69) is 0 Å². The van der Waals surface area contributed by atoms with E-state index < -0.39 is 6.10 Å². The van der Waals surface area contributed by atoms with Crippen LogP contribution in [0, 0.1) is 0 Å². The van der Waals surface area contributed by atoms with Gasteiger partial charge in [0.1, 0.15) is 6.61 Å². The highest BCUT2D eigenvalue weighted by Crippen LogP contribution is 1.83. The number of hydrogen-bond acceptors (Lipinski definition) is 4. The highest BCUT2D eigenvalue weighted by Gasteiger charge is 1.92. The Balaban J connectivity index is 0. The van der Waals surface area contributed by atoms with Gasteiger partial charge in [-0.15, -0.1) is 0 Å². The van der Waals surface area contributed by atoms with Gasteiger partial charge in [0.05, 0.1) is 12.7 Å². The maximum Gasteiger partial charge on any atom is 0.157 e. The van der Waals surface area contributed by atoms with Crippen molar-refractivity contribution in [3.05, 3.63) is 0 Å². The van der Waals surface area contributed by atoms with Gasteiger partial charge in [0.25, 0.3) is 0 Å². The lowest BCUT2D eigenvalue weighted by Gasteiger charge is -1.97. The first-order valence-electron chi connectivity index (χ1n) is 4.03. The summed E-state index contributed by atoms with van der Waals surface area (Å²) in [6.07, 6.45) is 0.567. The molecular weight excluding hydrogens is 160 g/mol. The number of aliphatic hydroxyl groups is 3. The van der Waals surface area contributed by atoms with Crippen molar-refractivity contribution in [2.24, 2.45) is 0 Å². The molecular formula is C8H18O4. The summed E-state index contributed by atoms with van der Waals surface area (Å²) >= 11 is 0. The van der Waals surface area contributed by atoms with Gasteiger partial charge < -0.3 is 15.3 Å². The number of Topliss-reactive ketones (excluding diaryl/α,β-unsaturated/α-hetero) is 1. The van der Waals surface area contributed by atoms with Crippen molar-refractivity contribution < 1.29 is 20.1 Å². The third kappa shape index (κ3) is 12.2. The Hall–Kier alpha value is -0.450. The zero-order chi connectivity index (χ0) is 9.98. The quantitative estimate of drug-likeness (QED) is 0.552. The second-order valence-electron chi connectivity index (χ2n) is 2.29. The summed E-state index contributed by atoms with van der Waals surface area (Å²) in [5.74, 6) is -0.102. The molecule has 0 radical (unpaired) electrons. The van der Waals surface area contributed by atoms with E-state index in [0.29, 0.717) is 12.8 Å². The lowest BCUT2D eigenvalue weighted by atomic mass is 10.3. The zero-order valence-corrected chi connectivity index (χ0v) is 7.66. The Kier molecular flexibility index (Phi) is 12.4. The van der Waals surface area contributed by atoms with Crippen molar-refractivity contribution in [3.8, 4) is 0 Å². The van der Waals surface area contributed by atoms with E-state index in [1.165, 1.54) is 0 Å². The number of ketones is 1. The largest absolute Gasteiger partial charge is 0.394 e. The molecule has 0 aromatic heterocycles.